The highest BCUT2D eigenvalue weighted by molar-refractivity contribution is 6.24. The molecule has 0 aromatic heterocycles. The summed E-state index contributed by atoms with van der Waals surface area (Å²) < 4.78 is 0. The van der Waals surface area contributed by atoms with Crippen LogP contribution in [-0.4, -0.2) is 4.87 Å². The van der Waals surface area contributed by atoms with Crippen molar-refractivity contribution in [2.75, 3.05) is 0 Å². The first-order valence-corrected chi connectivity index (χ1v) is 5.86. The summed E-state index contributed by atoms with van der Waals surface area (Å²) in [7, 11) is 0. The summed E-state index contributed by atoms with van der Waals surface area (Å²) >= 11 is 6.60. The summed E-state index contributed by atoms with van der Waals surface area (Å²) in [6.07, 6.45) is 3.48. The first-order valence-electron chi connectivity index (χ1n) is 5.48. The summed E-state index contributed by atoms with van der Waals surface area (Å²) in [5, 5.41) is 0. The van der Waals surface area contributed by atoms with Gasteiger partial charge in [-0.1, -0.05) is 47.5 Å². The van der Waals surface area contributed by atoms with Crippen molar-refractivity contribution in [3.05, 3.63) is 0 Å². The zero-order chi connectivity index (χ0) is 10.7. The van der Waals surface area contributed by atoms with Crippen molar-refractivity contribution in [3.63, 3.8) is 0 Å². The molecule has 0 radical (unpaired) electrons. The molecule has 0 rings (SSSR count). The fraction of sp³-hybridized carbons (Fsp3) is 1.00. The molecule has 2 atom stereocenters. The number of rotatable bonds is 5. The Balaban J connectivity index is 4.58. The average Bonchev–Trinajstić information content (AvgIpc) is 2.02. The van der Waals surface area contributed by atoms with Crippen LogP contribution in [0.3, 0.4) is 0 Å². The van der Waals surface area contributed by atoms with Crippen molar-refractivity contribution in [3.8, 4) is 0 Å². The van der Waals surface area contributed by atoms with Crippen molar-refractivity contribution >= 4 is 11.6 Å². The van der Waals surface area contributed by atoms with Crippen molar-refractivity contribution in [1.29, 1.82) is 0 Å². The maximum Gasteiger partial charge on any atom is 0.0472 e. The van der Waals surface area contributed by atoms with Crippen LogP contribution in [0.2, 0.25) is 0 Å². The third-order valence-corrected chi connectivity index (χ3v) is 4.58. The zero-order valence-corrected chi connectivity index (χ0v) is 10.8. The van der Waals surface area contributed by atoms with Gasteiger partial charge in [0.15, 0.2) is 0 Å². The van der Waals surface area contributed by atoms with E-state index in [1.807, 2.05) is 0 Å². The highest BCUT2D eigenvalue weighted by Gasteiger charge is 2.41. The van der Waals surface area contributed by atoms with E-state index in [2.05, 4.69) is 41.5 Å². The minimum absolute atomic E-state index is 0.0584. The summed E-state index contributed by atoms with van der Waals surface area (Å²) in [4.78, 5) is -0.0584. The molecule has 0 bridgehead atoms. The monoisotopic (exact) mass is 204 g/mol. The SMILES string of the molecule is CCCC(C)(Cl)C(C)(C)C(C)CC. The van der Waals surface area contributed by atoms with Gasteiger partial charge in [-0.25, -0.2) is 0 Å². The molecule has 2 unspecified atom stereocenters. The smallest absolute Gasteiger partial charge is 0.0472 e. The topological polar surface area (TPSA) is 0 Å². The molecule has 0 fully saturated rings. The number of hydrogen-bond donors (Lipinski definition) is 0. The number of alkyl halides is 1. The zero-order valence-electron chi connectivity index (χ0n) is 10.1. The molecular weight excluding hydrogens is 180 g/mol. The lowest BCUT2D eigenvalue weighted by Crippen LogP contribution is -2.41. The molecule has 0 N–H and O–H groups in total. The largest absolute Gasteiger partial charge is 0.119 e. The number of halogens is 1. The average molecular weight is 205 g/mol. The fourth-order valence-electron chi connectivity index (χ4n) is 1.82. The maximum absolute atomic E-state index is 6.60. The predicted octanol–water partition coefficient (Wildman–Crippen LogP) is 4.86. The predicted molar refractivity (Wildman–Crippen MR) is 62.4 cm³/mol. The van der Waals surface area contributed by atoms with Crippen LogP contribution < -0.4 is 0 Å². The Hall–Kier alpha value is 0.290. The van der Waals surface area contributed by atoms with E-state index in [1.165, 1.54) is 12.8 Å². The maximum atomic E-state index is 6.60. The van der Waals surface area contributed by atoms with E-state index in [1.54, 1.807) is 0 Å². The molecule has 0 aromatic rings. The van der Waals surface area contributed by atoms with E-state index in [0.717, 1.165) is 6.42 Å². The van der Waals surface area contributed by atoms with Crippen LogP contribution in [0.5, 0.6) is 0 Å². The van der Waals surface area contributed by atoms with Crippen LogP contribution in [0.4, 0.5) is 0 Å². The van der Waals surface area contributed by atoms with Crippen LogP contribution >= 0.6 is 11.6 Å². The lowest BCUT2D eigenvalue weighted by atomic mass is 9.68. The van der Waals surface area contributed by atoms with E-state index in [4.69, 9.17) is 11.6 Å². The van der Waals surface area contributed by atoms with E-state index in [9.17, 15) is 0 Å². The Morgan fingerprint density at radius 3 is 1.92 bits per heavy atom. The van der Waals surface area contributed by atoms with Gasteiger partial charge in [0.25, 0.3) is 0 Å². The second kappa shape index (κ2) is 4.68. The van der Waals surface area contributed by atoms with Gasteiger partial charge < -0.3 is 0 Å². The molecule has 0 spiro atoms. The van der Waals surface area contributed by atoms with Gasteiger partial charge in [0.1, 0.15) is 0 Å². The first-order chi connectivity index (χ1) is 5.79. The second-order valence-electron chi connectivity index (χ2n) is 4.98. The summed E-state index contributed by atoms with van der Waals surface area (Å²) in [5.41, 5.74) is 0.222. The van der Waals surface area contributed by atoms with Crippen LogP contribution in [0.1, 0.15) is 60.8 Å². The van der Waals surface area contributed by atoms with Crippen LogP contribution in [0, 0.1) is 11.3 Å². The molecule has 0 aliphatic rings. The molecule has 80 valence electrons. The molecular formula is C12H25Cl. The third kappa shape index (κ3) is 2.87. The van der Waals surface area contributed by atoms with Crippen LogP contribution in [-0.2, 0) is 0 Å². The minimum atomic E-state index is -0.0584. The van der Waals surface area contributed by atoms with Crippen molar-refractivity contribution in [2.24, 2.45) is 11.3 Å². The van der Waals surface area contributed by atoms with Gasteiger partial charge in [-0.15, -0.1) is 11.6 Å². The van der Waals surface area contributed by atoms with Gasteiger partial charge in [0.05, 0.1) is 0 Å². The van der Waals surface area contributed by atoms with E-state index >= 15 is 0 Å². The van der Waals surface area contributed by atoms with Gasteiger partial charge in [0.2, 0.25) is 0 Å². The Labute approximate surface area is 89.1 Å². The van der Waals surface area contributed by atoms with E-state index in [0.29, 0.717) is 5.92 Å². The van der Waals surface area contributed by atoms with E-state index in [-0.39, 0.29) is 10.3 Å². The molecule has 0 saturated carbocycles. The van der Waals surface area contributed by atoms with E-state index < -0.39 is 0 Å². The lowest BCUT2D eigenvalue weighted by Gasteiger charge is -2.44. The lowest BCUT2D eigenvalue weighted by molar-refractivity contribution is 0.148. The second-order valence-corrected chi connectivity index (χ2v) is 5.81. The summed E-state index contributed by atoms with van der Waals surface area (Å²) in [6, 6.07) is 0. The van der Waals surface area contributed by atoms with Crippen LogP contribution in [0.25, 0.3) is 0 Å². The van der Waals surface area contributed by atoms with Crippen molar-refractivity contribution < 1.29 is 0 Å². The van der Waals surface area contributed by atoms with Crippen molar-refractivity contribution in [1.82, 2.24) is 0 Å². The molecule has 0 saturated heterocycles. The Morgan fingerprint density at radius 1 is 1.15 bits per heavy atom. The molecule has 0 nitrogen and oxygen atoms in total. The quantitative estimate of drug-likeness (QED) is 0.562. The third-order valence-electron chi connectivity index (χ3n) is 3.91. The highest BCUT2D eigenvalue weighted by atomic mass is 35.5. The number of hydrogen-bond acceptors (Lipinski definition) is 0. The van der Waals surface area contributed by atoms with Gasteiger partial charge in [-0.2, -0.15) is 0 Å². The molecule has 0 aromatic carbocycles. The summed E-state index contributed by atoms with van der Waals surface area (Å²) in [6.45, 7) is 13.5. The first kappa shape index (κ1) is 13.3. The minimum Gasteiger partial charge on any atom is -0.119 e. The normalized spacial score (nSPS) is 19.6. The van der Waals surface area contributed by atoms with Crippen molar-refractivity contribution in [2.45, 2.75) is 65.7 Å². The molecule has 0 aliphatic carbocycles. The Bertz CT molecular complexity index is 147. The Kier molecular flexibility index (Phi) is 4.79. The molecule has 0 amide bonds. The van der Waals surface area contributed by atoms with Gasteiger partial charge in [-0.05, 0) is 24.7 Å². The van der Waals surface area contributed by atoms with Gasteiger partial charge in [-0.3, -0.25) is 0 Å². The fourth-order valence-corrected chi connectivity index (χ4v) is 2.19. The van der Waals surface area contributed by atoms with Gasteiger partial charge in [0, 0.05) is 4.87 Å². The standard InChI is InChI=1S/C12H25Cl/c1-7-9-12(6,13)11(4,5)10(3)8-2/h10H,7-9H2,1-6H3. The summed E-state index contributed by atoms with van der Waals surface area (Å²) in [5.74, 6) is 0.682. The molecule has 1 heteroatoms. The molecule has 0 aliphatic heterocycles. The molecule has 0 heterocycles. The Morgan fingerprint density at radius 2 is 1.62 bits per heavy atom. The van der Waals surface area contributed by atoms with Gasteiger partial charge >= 0.3 is 0 Å². The highest BCUT2D eigenvalue weighted by Crippen LogP contribution is 2.46. The molecule has 13 heavy (non-hydrogen) atoms. The van der Waals surface area contributed by atoms with Crippen LogP contribution in [0.15, 0.2) is 0 Å².